The van der Waals surface area contributed by atoms with Gasteiger partial charge in [-0.2, -0.15) is 0 Å². The molecule has 2 rings (SSSR count). The van der Waals surface area contributed by atoms with E-state index in [4.69, 9.17) is 0 Å². The minimum atomic E-state index is -0.564. The summed E-state index contributed by atoms with van der Waals surface area (Å²) in [5.74, 6) is -0.665. The number of nitrogens with zero attached hydrogens (tertiary/aromatic N) is 1. The number of piperidine rings is 1. The molecule has 0 spiro atoms. The molecule has 1 N–H and O–H groups in total. The van der Waals surface area contributed by atoms with Gasteiger partial charge in [0.15, 0.2) is 0 Å². The summed E-state index contributed by atoms with van der Waals surface area (Å²) in [6.45, 7) is 12.4. The minimum absolute atomic E-state index is 0.271. The quantitative estimate of drug-likeness (QED) is 0.679. The lowest BCUT2D eigenvalue weighted by molar-refractivity contribution is -0.141. The number of carbonyl (C=O) groups is 3. The number of imide groups is 1. The minimum Gasteiger partial charge on any atom is -0.329 e. The molecule has 0 radical (unpaired) electrons. The number of hydrogen-bond acceptors (Lipinski definition) is 3. The molecule has 0 bridgehead atoms. The fraction of sp³-hybridized carbons (Fsp3) is 0.526. The highest BCUT2D eigenvalue weighted by molar-refractivity contribution is 6.00. The SMILES string of the molecule is CC.CC.Cc1ccc(CN(C=O)C2CCC(=O)NC2=O)c(C)c1. The highest BCUT2D eigenvalue weighted by Gasteiger charge is 2.31. The van der Waals surface area contributed by atoms with Crippen LogP contribution >= 0.6 is 0 Å². The molecular formula is C19H30N2O3. The van der Waals surface area contributed by atoms with E-state index in [0.29, 0.717) is 19.4 Å². The lowest BCUT2D eigenvalue weighted by atomic mass is 10.0. The van der Waals surface area contributed by atoms with E-state index in [9.17, 15) is 14.4 Å². The van der Waals surface area contributed by atoms with Crippen LogP contribution in [0.25, 0.3) is 0 Å². The predicted octanol–water partition coefficient (Wildman–Crippen LogP) is 3.12. The van der Waals surface area contributed by atoms with Gasteiger partial charge in [-0.1, -0.05) is 51.5 Å². The first-order valence-corrected chi connectivity index (χ1v) is 8.62. The molecule has 1 aromatic rings. The van der Waals surface area contributed by atoms with Crippen LogP contribution in [0.3, 0.4) is 0 Å². The first kappa shape index (κ1) is 21.8. The second-order valence-corrected chi connectivity index (χ2v) is 5.17. The Kier molecular flexibility index (Phi) is 10.3. The van der Waals surface area contributed by atoms with Crippen LogP contribution in [0.15, 0.2) is 18.2 Å². The van der Waals surface area contributed by atoms with Gasteiger partial charge in [0.2, 0.25) is 18.2 Å². The number of rotatable bonds is 4. The van der Waals surface area contributed by atoms with Crippen molar-refractivity contribution < 1.29 is 14.4 Å². The fourth-order valence-electron chi connectivity index (χ4n) is 2.44. The molecule has 134 valence electrons. The molecule has 1 aliphatic heterocycles. The van der Waals surface area contributed by atoms with E-state index in [-0.39, 0.29) is 12.3 Å². The summed E-state index contributed by atoms with van der Waals surface area (Å²) < 4.78 is 0. The topological polar surface area (TPSA) is 66.5 Å². The van der Waals surface area contributed by atoms with Crippen molar-refractivity contribution in [1.82, 2.24) is 10.2 Å². The van der Waals surface area contributed by atoms with Crippen LogP contribution in [0.2, 0.25) is 0 Å². The number of nitrogens with one attached hydrogen (secondary N) is 1. The van der Waals surface area contributed by atoms with Gasteiger partial charge in [0, 0.05) is 13.0 Å². The number of carbonyl (C=O) groups excluding carboxylic acids is 3. The summed E-state index contributed by atoms with van der Waals surface area (Å²) in [7, 11) is 0. The van der Waals surface area contributed by atoms with Crippen molar-refractivity contribution >= 4 is 18.2 Å². The molecule has 24 heavy (non-hydrogen) atoms. The molecule has 0 aromatic heterocycles. The van der Waals surface area contributed by atoms with Crippen molar-refractivity contribution in [3.63, 3.8) is 0 Å². The van der Waals surface area contributed by atoms with Crippen LogP contribution in [0.4, 0.5) is 0 Å². The third-order valence-corrected chi connectivity index (χ3v) is 3.60. The molecule has 1 aromatic carbocycles. The molecule has 5 heteroatoms. The molecule has 3 amide bonds. The van der Waals surface area contributed by atoms with Crippen LogP contribution in [0.1, 0.15) is 57.2 Å². The summed E-state index contributed by atoms with van der Waals surface area (Å²) in [6.07, 6.45) is 1.33. The maximum atomic E-state index is 11.8. The summed E-state index contributed by atoms with van der Waals surface area (Å²) in [4.78, 5) is 35.7. The first-order chi connectivity index (χ1) is 11.5. The Morgan fingerprint density at radius 2 is 1.79 bits per heavy atom. The van der Waals surface area contributed by atoms with Gasteiger partial charge in [0.25, 0.3) is 0 Å². The normalized spacial score (nSPS) is 16.0. The summed E-state index contributed by atoms with van der Waals surface area (Å²) in [5.41, 5.74) is 3.25. The van der Waals surface area contributed by atoms with Crippen molar-refractivity contribution in [3.8, 4) is 0 Å². The maximum Gasteiger partial charge on any atom is 0.249 e. The van der Waals surface area contributed by atoms with Gasteiger partial charge in [-0.15, -0.1) is 0 Å². The van der Waals surface area contributed by atoms with Crippen LogP contribution in [-0.2, 0) is 20.9 Å². The van der Waals surface area contributed by atoms with Crippen molar-refractivity contribution in [2.75, 3.05) is 0 Å². The number of benzene rings is 1. The highest BCUT2D eigenvalue weighted by atomic mass is 16.2. The third kappa shape index (κ3) is 6.14. The molecule has 1 atom stereocenters. The maximum absolute atomic E-state index is 11.8. The third-order valence-electron chi connectivity index (χ3n) is 3.60. The van der Waals surface area contributed by atoms with E-state index >= 15 is 0 Å². The predicted molar refractivity (Wildman–Crippen MR) is 96.4 cm³/mol. The Morgan fingerprint density at radius 3 is 2.29 bits per heavy atom. The van der Waals surface area contributed by atoms with Gasteiger partial charge in [-0.3, -0.25) is 19.7 Å². The molecule has 5 nitrogen and oxygen atoms in total. The Hall–Kier alpha value is -2.17. The van der Waals surface area contributed by atoms with E-state index in [1.165, 1.54) is 4.90 Å². The van der Waals surface area contributed by atoms with Crippen LogP contribution < -0.4 is 5.32 Å². The molecule has 1 heterocycles. The van der Waals surface area contributed by atoms with E-state index in [0.717, 1.165) is 16.7 Å². The van der Waals surface area contributed by atoms with Gasteiger partial charge in [0.1, 0.15) is 6.04 Å². The zero-order valence-corrected chi connectivity index (χ0v) is 15.7. The Morgan fingerprint density at radius 1 is 1.17 bits per heavy atom. The lowest BCUT2D eigenvalue weighted by Gasteiger charge is -2.30. The van der Waals surface area contributed by atoms with Crippen LogP contribution in [0, 0.1) is 13.8 Å². The zero-order valence-electron chi connectivity index (χ0n) is 15.7. The van der Waals surface area contributed by atoms with E-state index in [1.807, 2.05) is 59.7 Å². The smallest absolute Gasteiger partial charge is 0.249 e. The summed E-state index contributed by atoms with van der Waals surface area (Å²) >= 11 is 0. The lowest BCUT2D eigenvalue weighted by Crippen LogP contribution is -2.51. The zero-order chi connectivity index (χ0) is 18.7. The molecule has 1 aliphatic rings. The van der Waals surface area contributed by atoms with Crippen molar-refractivity contribution in [2.45, 2.75) is 67.0 Å². The number of amides is 3. The second kappa shape index (κ2) is 11.4. The molecule has 0 aliphatic carbocycles. The van der Waals surface area contributed by atoms with Crippen LogP contribution in [0.5, 0.6) is 0 Å². The Bertz CT molecular complexity index is 556. The van der Waals surface area contributed by atoms with Gasteiger partial charge >= 0.3 is 0 Å². The molecule has 1 unspecified atom stereocenters. The standard InChI is InChI=1S/C15H18N2O3.2C2H6/c1-10-3-4-12(11(2)7-10)8-17(9-18)13-5-6-14(19)16-15(13)20;2*1-2/h3-4,7,9,13H,5-6,8H2,1-2H3,(H,16,19,20);2*1-2H3. The highest BCUT2D eigenvalue weighted by Crippen LogP contribution is 2.17. The average Bonchev–Trinajstić information content (AvgIpc) is 2.59. The average molecular weight is 334 g/mol. The van der Waals surface area contributed by atoms with E-state index < -0.39 is 11.9 Å². The number of aryl methyl sites for hydroxylation is 2. The second-order valence-electron chi connectivity index (χ2n) is 5.17. The van der Waals surface area contributed by atoms with Crippen molar-refractivity contribution in [1.29, 1.82) is 0 Å². The molecular weight excluding hydrogens is 304 g/mol. The van der Waals surface area contributed by atoms with Crippen molar-refractivity contribution in [2.24, 2.45) is 0 Å². The van der Waals surface area contributed by atoms with Gasteiger partial charge in [0.05, 0.1) is 0 Å². The van der Waals surface area contributed by atoms with E-state index in [2.05, 4.69) is 5.32 Å². The Balaban J connectivity index is 0.00000123. The number of hydrogen-bond donors (Lipinski definition) is 1. The Labute approximate surface area is 145 Å². The fourth-order valence-corrected chi connectivity index (χ4v) is 2.44. The summed E-state index contributed by atoms with van der Waals surface area (Å²) in [5, 5.41) is 2.28. The molecule has 1 saturated heterocycles. The largest absolute Gasteiger partial charge is 0.329 e. The summed E-state index contributed by atoms with van der Waals surface area (Å²) in [6, 6.07) is 5.43. The first-order valence-electron chi connectivity index (χ1n) is 8.62. The van der Waals surface area contributed by atoms with Gasteiger partial charge in [-0.25, -0.2) is 0 Å². The van der Waals surface area contributed by atoms with Crippen LogP contribution in [-0.4, -0.2) is 29.2 Å². The van der Waals surface area contributed by atoms with E-state index in [1.54, 1.807) is 0 Å². The van der Waals surface area contributed by atoms with Crippen molar-refractivity contribution in [3.05, 3.63) is 34.9 Å². The molecule has 1 fully saturated rings. The molecule has 0 saturated carbocycles. The monoisotopic (exact) mass is 334 g/mol. The van der Waals surface area contributed by atoms with Gasteiger partial charge < -0.3 is 4.90 Å². The van der Waals surface area contributed by atoms with Gasteiger partial charge in [-0.05, 0) is 31.4 Å².